The molecule has 1 atom stereocenters. The van der Waals surface area contributed by atoms with Crippen molar-refractivity contribution in [2.24, 2.45) is 0 Å². The van der Waals surface area contributed by atoms with Gasteiger partial charge in [0.25, 0.3) is 0 Å². The van der Waals surface area contributed by atoms with E-state index in [0.29, 0.717) is 5.56 Å². The second kappa shape index (κ2) is 6.42. The highest BCUT2D eigenvalue weighted by atomic mass is 19.4. The number of carbonyl (C=O) groups excluding carboxylic acids is 1. The van der Waals surface area contributed by atoms with Crippen molar-refractivity contribution in [2.75, 3.05) is 13.7 Å². The Hall–Kier alpha value is -1.76. The van der Waals surface area contributed by atoms with Crippen LogP contribution >= 0.6 is 0 Å². The van der Waals surface area contributed by atoms with Crippen molar-refractivity contribution < 1.29 is 27.4 Å². The fraction of sp³-hybridized carbons (Fsp3) is 0.417. The molecule has 0 amide bonds. The van der Waals surface area contributed by atoms with Gasteiger partial charge in [0, 0.05) is 0 Å². The summed E-state index contributed by atoms with van der Waals surface area (Å²) in [5, 5.41) is 2.68. The van der Waals surface area contributed by atoms with Crippen LogP contribution in [0.1, 0.15) is 18.5 Å². The molecule has 0 saturated carbocycles. The largest absolute Gasteiger partial charge is 0.573 e. The van der Waals surface area contributed by atoms with Crippen LogP contribution in [0.25, 0.3) is 0 Å². The molecule has 0 saturated heterocycles. The summed E-state index contributed by atoms with van der Waals surface area (Å²) in [6, 6.07) is 4.36. The summed E-state index contributed by atoms with van der Waals surface area (Å²) in [6.07, 6.45) is -4.77. The van der Waals surface area contributed by atoms with Gasteiger partial charge in [-0.25, -0.2) is 4.79 Å². The molecule has 0 aliphatic rings. The highest BCUT2D eigenvalue weighted by Crippen LogP contribution is 2.25. The summed E-state index contributed by atoms with van der Waals surface area (Å²) in [5.74, 6) is -0.941. The van der Waals surface area contributed by atoms with E-state index in [4.69, 9.17) is 4.74 Å². The van der Waals surface area contributed by atoms with Crippen molar-refractivity contribution >= 4 is 5.97 Å². The minimum atomic E-state index is -4.77. The molecular weight excluding hydrogens is 263 g/mol. The molecule has 1 aromatic rings. The summed E-state index contributed by atoms with van der Waals surface area (Å²) in [6.45, 7) is 1.84. The van der Waals surface area contributed by atoms with Gasteiger partial charge in [0.15, 0.2) is 0 Å². The molecule has 106 valence electrons. The fourth-order valence-corrected chi connectivity index (χ4v) is 1.54. The summed E-state index contributed by atoms with van der Waals surface area (Å²) in [4.78, 5) is 11.6. The molecule has 19 heavy (non-hydrogen) atoms. The molecule has 1 rings (SSSR count). The first-order valence-electron chi connectivity index (χ1n) is 5.57. The monoisotopic (exact) mass is 277 g/mol. The third kappa shape index (κ3) is 4.78. The molecule has 0 aromatic heterocycles. The van der Waals surface area contributed by atoms with E-state index in [1.165, 1.54) is 19.2 Å². The van der Waals surface area contributed by atoms with Gasteiger partial charge >= 0.3 is 12.3 Å². The Labute approximate surface area is 108 Å². The number of hydrogen-bond acceptors (Lipinski definition) is 4. The number of esters is 1. The summed E-state index contributed by atoms with van der Waals surface area (Å²) < 4.78 is 44.9. The Morgan fingerprint density at radius 2 is 2.11 bits per heavy atom. The highest BCUT2D eigenvalue weighted by Gasteiger charge is 2.31. The molecule has 7 heteroatoms. The van der Waals surface area contributed by atoms with Crippen molar-refractivity contribution in [3.63, 3.8) is 0 Å². The van der Waals surface area contributed by atoms with E-state index in [0.717, 1.165) is 12.1 Å². The number of carbonyl (C=O) groups is 1. The normalized spacial score (nSPS) is 12.9. The van der Waals surface area contributed by atoms with Crippen LogP contribution in [0.15, 0.2) is 24.3 Å². The van der Waals surface area contributed by atoms with Crippen LogP contribution in [-0.4, -0.2) is 26.0 Å². The Balaban J connectivity index is 2.93. The number of alkyl halides is 3. The van der Waals surface area contributed by atoms with Crippen LogP contribution in [0.2, 0.25) is 0 Å². The lowest BCUT2D eigenvalue weighted by Gasteiger charge is -2.16. The van der Waals surface area contributed by atoms with E-state index in [1.807, 2.05) is 0 Å². The van der Waals surface area contributed by atoms with Crippen molar-refractivity contribution in [1.82, 2.24) is 5.32 Å². The molecule has 0 aliphatic heterocycles. The molecule has 0 fully saturated rings. The van der Waals surface area contributed by atoms with Crippen LogP contribution in [0, 0.1) is 0 Å². The van der Waals surface area contributed by atoms with Gasteiger partial charge in [-0.1, -0.05) is 12.1 Å². The maximum atomic E-state index is 12.1. The zero-order chi connectivity index (χ0) is 14.5. The number of rotatable bonds is 5. The highest BCUT2D eigenvalue weighted by molar-refractivity contribution is 5.77. The second-order valence-corrected chi connectivity index (χ2v) is 3.59. The van der Waals surface area contributed by atoms with Gasteiger partial charge in [0.05, 0.1) is 6.61 Å². The van der Waals surface area contributed by atoms with Gasteiger partial charge in [-0.05, 0) is 31.7 Å². The van der Waals surface area contributed by atoms with Crippen molar-refractivity contribution in [3.05, 3.63) is 29.8 Å². The number of likely N-dealkylation sites (N-methyl/N-ethyl adjacent to an activating group) is 1. The van der Waals surface area contributed by atoms with E-state index in [9.17, 15) is 18.0 Å². The zero-order valence-corrected chi connectivity index (χ0v) is 10.5. The first kappa shape index (κ1) is 15.3. The first-order valence-corrected chi connectivity index (χ1v) is 5.57. The summed E-state index contributed by atoms with van der Waals surface area (Å²) in [7, 11) is 1.51. The standard InChI is InChI=1S/C12H14F3NO3/c1-3-18-11(17)10(16-2)8-5-4-6-9(7-8)19-12(13,14)15/h4-7,10,16H,3H2,1-2H3. The number of nitrogens with one attached hydrogen (secondary N) is 1. The lowest BCUT2D eigenvalue weighted by molar-refractivity contribution is -0.274. The van der Waals surface area contributed by atoms with Crippen LogP contribution in [0.5, 0.6) is 5.75 Å². The SMILES string of the molecule is CCOC(=O)C(NC)c1cccc(OC(F)(F)F)c1. The van der Waals surface area contributed by atoms with Gasteiger partial charge in [-0.2, -0.15) is 0 Å². The minimum absolute atomic E-state index is 0.190. The van der Waals surface area contributed by atoms with E-state index in [2.05, 4.69) is 10.1 Å². The first-order chi connectivity index (χ1) is 8.87. The fourth-order valence-electron chi connectivity index (χ4n) is 1.54. The molecule has 1 unspecified atom stereocenters. The Morgan fingerprint density at radius 3 is 2.63 bits per heavy atom. The molecular formula is C12H14F3NO3. The quantitative estimate of drug-likeness (QED) is 0.840. The third-order valence-electron chi connectivity index (χ3n) is 2.24. The average molecular weight is 277 g/mol. The Kier molecular flexibility index (Phi) is 5.17. The molecule has 0 radical (unpaired) electrons. The van der Waals surface area contributed by atoms with Gasteiger partial charge in [-0.15, -0.1) is 13.2 Å². The maximum absolute atomic E-state index is 12.1. The molecule has 0 aliphatic carbocycles. The van der Waals surface area contributed by atoms with E-state index >= 15 is 0 Å². The number of hydrogen-bond donors (Lipinski definition) is 1. The Bertz CT molecular complexity index is 434. The van der Waals surface area contributed by atoms with Crippen LogP contribution in [-0.2, 0) is 9.53 Å². The summed E-state index contributed by atoms with van der Waals surface area (Å²) in [5.41, 5.74) is 0.336. The molecule has 0 bridgehead atoms. The predicted molar refractivity (Wildman–Crippen MR) is 61.6 cm³/mol. The number of benzene rings is 1. The van der Waals surface area contributed by atoms with E-state index in [-0.39, 0.29) is 12.4 Å². The van der Waals surface area contributed by atoms with Crippen LogP contribution in [0.3, 0.4) is 0 Å². The van der Waals surface area contributed by atoms with E-state index in [1.54, 1.807) is 6.92 Å². The maximum Gasteiger partial charge on any atom is 0.573 e. The lowest BCUT2D eigenvalue weighted by Crippen LogP contribution is -2.27. The minimum Gasteiger partial charge on any atom is -0.465 e. The van der Waals surface area contributed by atoms with Gasteiger partial charge in [0.2, 0.25) is 0 Å². The van der Waals surface area contributed by atoms with Crippen molar-refractivity contribution in [1.29, 1.82) is 0 Å². The van der Waals surface area contributed by atoms with Crippen molar-refractivity contribution in [2.45, 2.75) is 19.3 Å². The smallest absolute Gasteiger partial charge is 0.465 e. The molecule has 0 heterocycles. The lowest BCUT2D eigenvalue weighted by atomic mass is 10.1. The van der Waals surface area contributed by atoms with Crippen molar-refractivity contribution in [3.8, 4) is 5.75 Å². The topological polar surface area (TPSA) is 47.6 Å². The van der Waals surface area contributed by atoms with Crippen LogP contribution in [0.4, 0.5) is 13.2 Å². The van der Waals surface area contributed by atoms with Crippen LogP contribution < -0.4 is 10.1 Å². The average Bonchev–Trinajstić information content (AvgIpc) is 2.28. The molecule has 1 aromatic carbocycles. The third-order valence-corrected chi connectivity index (χ3v) is 2.24. The number of halogens is 3. The summed E-state index contributed by atoms with van der Waals surface area (Å²) >= 11 is 0. The van der Waals surface area contributed by atoms with E-state index < -0.39 is 18.4 Å². The predicted octanol–water partition coefficient (Wildman–Crippen LogP) is 2.41. The molecule has 4 nitrogen and oxygen atoms in total. The Morgan fingerprint density at radius 1 is 1.42 bits per heavy atom. The molecule has 1 N–H and O–H groups in total. The number of ether oxygens (including phenoxy) is 2. The molecule has 0 spiro atoms. The van der Waals surface area contributed by atoms with Gasteiger partial charge in [-0.3, -0.25) is 0 Å². The van der Waals surface area contributed by atoms with Gasteiger partial charge < -0.3 is 14.8 Å². The zero-order valence-electron chi connectivity index (χ0n) is 10.5. The second-order valence-electron chi connectivity index (χ2n) is 3.59. The van der Waals surface area contributed by atoms with Gasteiger partial charge in [0.1, 0.15) is 11.8 Å².